The molecule has 0 saturated carbocycles. The van der Waals surface area contributed by atoms with Crippen molar-refractivity contribution in [2.24, 2.45) is 0 Å². The largest absolute Gasteiger partial charge is 0.313 e. The van der Waals surface area contributed by atoms with E-state index in [4.69, 9.17) is 0 Å². The third-order valence-electron chi connectivity index (χ3n) is 3.79. The Balaban J connectivity index is 1.92. The highest BCUT2D eigenvalue weighted by Crippen LogP contribution is 2.09. The van der Waals surface area contributed by atoms with Crippen molar-refractivity contribution < 1.29 is 0 Å². The summed E-state index contributed by atoms with van der Waals surface area (Å²) in [6.45, 7) is 8.50. The van der Waals surface area contributed by atoms with Crippen molar-refractivity contribution in [2.45, 2.75) is 78.7 Å². The smallest absolute Gasteiger partial charge is 0.0638 e. The minimum atomic E-state index is 0.949. The average molecular weight is 265 g/mol. The van der Waals surface area contributed by atoms with E-state index in [1.807, 2.05) is 0 Å². The first-order valence-corrected chi connectivity index (χ1v) is 7.96. The first-order valence-electron chi connectivity index (χ1n) is 7.96. The second-order valence-corrected chi connectivity index (χ2v) is 5.56. The van der Waals surface area contributed by atoms with Gasteiger partial charge in [0.05, 0.1) is 5.69 Å². The molecule has 3 nitrogen and oxygen atoms in total. The molecule has 0 atom stereocenters. The monoisotopic (exact) mass is 265 g/mol. The molecule has 3 heteroatoms. The van der Waals surface area contributed by atoms with Crippen LogP contribution in [0.1, 0.15) is 75.2 Å². The maximum atomic E-state index is 4.22. The van der Waals surface area contributed by atoms with Crippen LogP contribution in [0, 0.1) is 13.8 Å². The number of hydrogen-bond donors (Lipinski definition) is 2. The topological polar surface area (TPSA) is 40.7 Å². The summed E-state index contributed by atoms with van der Waals surface area (Å²) in [6, 6.07) is 0. The van der Waals surface area contributed by atoms with Crippen LogP contribution in [0.2, 0.25) is 0 Å². The number of aromatic nitrogens is 2. The highest BCUT2D eigenvalue weighted by atomic mass is 15.1. The van der Waals surface area contributed by atoms with Crippen LogP contribution in [0.25, 0.3) is 0 Å². The summed E-state index contributed by atoms with van der Waals surface area (Å²) in [7, 11) is 0. The van der Waals surface area contributed by atoms with E-state index in [0.717, 1.165) is 18.8 Å². The molecule has 0 aromatic carbocycles. The van der Waals surface area contributed by atoms with Crippen LogP contribution < -0.4 is 5.32 Å². The fraction of sp³-hybridized carbons (Fsp3) is 0.812. The van der Waals surface area contributed by atoms with Gasteiger partial charge < -0.3 is 5.32 Å². The van der Waals surface area contributed by atoms with Gasteiger partial charge in [-0.15, -0.1) is 0 Å². The zero-order valence-electron chi connectivity index (χ0n) is 13.0. The first kappa shape index (κ1) is 16.2. The Kier molecular flexibility index (Phi) is 8.55. The first-order chi connectivity index (χ1) is 9.25. The highest BCUT2D eigenvalue weighted by molar-refractivity contribution is 5.22. The van der Waals surface area contributed by atoms with Crippen LogP contribution in [0.5, 0.6) is 0 Å². The summed E-state index contributed by atoms with van der Waals surface area (Å²) in [5, 5.41) is 10.8. The SMILES string of the molecule is CCCCCCCCCCNCc1c(C)n[nH]c1C. The van der Waals surface area contributed by atoms with Gasteiger partial charge in [0.1, 0.15) is 0 Å². The summed E-state index contributed by atoms with van der Waals surface area (Å²) in [5.74, 6) is 0. The van der Waals surface area contributed by atoms with Crippen molar-refractivity contribution in [3.8, 4) is 0 Å². The summed E-state index contributed by atoms with van der Waals surface area (Å²) in [6.07, 6.45) is 11.1. The van der Waals surface area contributed by atoms with Gasteiger partial charge in [-0.2, -0.15) is 5.10 Å². The Labute approximate surface area is 118 Å². The molecule has 0 fully saturated rings. The molecule has 0 aliphatic heterocycles. The second-order valence-electron chi connectivity index (χ2n) is 5.56. The van der Waals surface area contributed by atoms with Gasteiger partial charge in [0.15, 0.2) is 0 Å². The fourth-order valence-electron chi connectivity index (χ4n) is 2.43. The molecule has 1 aromatic heterocycles. The lowest BCUT2D eigenvalue weighted by Crippen LogP contribution is -2.15. The van der Waals surface area contributed by atoms with Gasteiger partial charge >= 0.3 is 0 Å². The molecule has 0 unspecified atom stereocenters. The van der Waals surface area contributed by atoms with E-state index in [1.165, 1.54) is 62.6 Å². The minimum Gasteiger partial charge on any atom is -0.313 e. The molecular weight excluding hydrogens is 234 g/mol. The van der Waals surface area contributed by atoms with E-state index in [0.29, 0.717) is 0 Å². The quantitative estimate of drug-likeness (QED) is 0.587. The second kappa shape index (κ2) is 10.0. The van der Waals surface area contributed by atoms with Crippen LogP contribution in [-0.4, -0.2) is 16.7 Å². The molecule has 2 N–H and O–H groups in total. The number of nitrogens with zero attached hydrogens (tertiary/aromatic N) is 1. The summed E-state index contributed by atoms with van der Waals surface area (Å²) in [4.78, 5) is 0. The van der Waals surface area contributed by atoms with Crippen molar-refractivity contribution in [3.05, 3.63) is 17.0 Å². The molecule has 0 radical (unpaired) electrons. The van der Waals surface area contributed by atoms with E-state index in [1.54, 1.807) is 0 Å². The molecule has 0 saturated heterocycles. The zero-order valence-corrected chi connectivity index (χ0v) is 13.0. The Morgan fingerprint density at radius 3 is 2.16 bits per heavy atom. The van der Waals surface area contributed by atoms with Gasteiger partial charge in [-0.3, -0.25) is 5.10 Å². The fourth-order valence-corrected chi connectivity index (χ4v) is 2.43. The van der Waals surface area contributed by atoms with Gasteiger partial charge in [-0.25, -0.2) is 0 Å². The lowest BCUT2D eigenvalue weighted by Gasteiger charge is -2.05. The summed E-state index contributed by atoms with van der Waals surface area (Å²) < 4.78 is 0. The molecule has 0 aliphatic rings. The number of unbranched alkanes of at least 4 members (excludes halogenated alkanes) is 7. The molecule has 0 aliphatic carbocycles. The maximum Gasteiger partial charge on any atom is 0.0638 e. The van der Waals surface area contributed by atoms with Crippen molar-refractivity contribution in [1.29, 1.82) is 0 Å². The molecule has 110 valence electrons. The van der Waals surface area contributed by atoms with Crippen molar-refractivity contribution in [3.63, 3.8) is 0 Å². The van der Waals surface area contributed by atoms with Crippen molar-refractivity contribution >= 4 is 0 Å². The lowest BCUT2D eigenvalue weighted by molar-refractivity contribution is 0.554. The number of H-pyrrole nitrogens is 1. The van der Waals surface area contributed by atoms with E-state index in [-0.39, 0.29) is 0 Å². The standard InChI is InChI=1S/C16H31N3/c1-4-5-6-7-8-9-10-11-12-17-13-16-14(2)18-19-15(16)3/h17H,4-13H2,1-3H3,(H,18,19). The lowest BCUT2D eigenvalue weighted by atomic mass is 10.1. The summed E-state index contributed by atoms with van der Waals surface area (Å²) in [5.41, 5.74) is 3.65. The molecule has 0 spiro atoms. The molecule has 1 aromatic rings. The van der Waals surface area contributed by atoms with E-state index in [9.17, 15) is 0 Å². The average Bonchev–Trinajstić information content (AvgIpc) is 2.72. The van der Waals surface area contributed by atoms with Crippen LogP contribution in [0.3, 0.4) is 0 Å². The number of aryl methyl sites for hydroxylation is 2. The molecule has 1 rings (SSSR count). The predicted octanol–water partition coefficient (Wildman–Crippen LogP) is 4.26. The number of nitrogens with one attached hydrogen (secondary N) is 2. The maximum absolute atomic E-state index is 4.22. The Bertz CT molecular complexity index is 311. The number of aromatic amines is 1. The van der Waals surface area contributed by atoms with Crippen LogP contribution >= 0.6 is 0 Å². The normalized spacial score (nSPS) is 11.1. The predicted molar refractivity (Wildman–Crippen MR) is 82.4 cm³/mol. The van der Waals surface area contributed by atoms with Gasteiger partial charge in [-0.05, 0) is 26.8 Å². The molecule has 0 bridgehead atoms. The van der Waals surface area contributed by atoms with Crippen molar-refractivity contribution in [2.75, 3.05) is 6.54 Å². The molecular formula is C16H31N3. The van der Waals surface area contributed by atoms with E-state index in [2.05, 4.69) is 36.3 Å². The van der Waals surface area contributed by atoms with Crippen LogP contribution in [0.15, 0.2) is 0 Å². The van der Waals surface area contributed by atoms with E-state index < -0.39 is 0 Å². The van der Waals surface area contributed by atoms with E-state index >= 15 is 0 Å². The van der Waals surface area contributed by atoms with Gasteiger partial charge in [-0.1, -0.05) is 51.9 Å². The third-order valence-corrected chi connectivity index (χ3v) is 3.79. The zero-order chi connectivity index (χ0) is 13.9. The Hall–Kier alpha value is -0.830. The van der Waals surface area contributed by atoms with Crippen molar-refractivity contribution in [1.82, 2.24) is 15.5 Å². The van der Waals surface area contributed by atoms with Gasteiger partial charge in [0.25, 0.3) is 0 Å². The molecule has 19 heavy (non-hydrogen) atoms. The van der Waals surface area contributed by atoms with Gasteiger partial charge in [0, 0.05) is 17.8 Å². The van der Waals surface area contributed by atoms with Gasteiger partial charge in [0.2, 0.25) is 0 Å². The molecule has 1 heterocycles. The van der Waals surface area contributed by atoms with Crippen LogP contribution in [-0.2, 0) is 6.54 Å². The Morgan fingerprint density at radius 1 is 0.947 bits per heavy atom. The minimum absolute atomic E-state index is 0.949. The summed E-state index contributed by atoms with van der Waals surface area (Å²) >= 11 is 0. The Morgan fingerprint density at radius 2 is 1.58 bits per heavy atom. The molecule has 0 amide bonds. The number of rotatable bonds is 11. The third kappa shape index (κ3) is 6.76. The number of hydrogen-bond acceptors (Lipinski definition) is 2. The van der Waals surface area contributed by atoms with Crippen LogP contribution in [0.4, 0.5) is 0 Å². The highest BCUT2D eigenvalue weighted by Gasteiger charge is 2.04.